The summed E-state index contributed by atoms with van der Waals surface area (Å²) in [5.74, 6) is -1.39. The highest BCUT2D eigenvalue weighted by molar-refractivity contribution is 6.03. The van der Waals surface area contributed by atoms with E-state index in [1.54, 1.807) is 0 Å². The van der Waals surface area contributed by atoms with Crippen molar-refractivity contribution in [2.24, 2.45) is 10.4 Å². The number of aliphatic imine (C=N–C) groups is 1. The van der Waals surface area contributed by atoms with E-state index in [0.717, 1.165) is 17.7 Å². The third-order valence-electron chi connectivity index (χ3n) is 3.71. The van der Waals surface area contributed by atoms with E-state index < -0.39 is 17.9 Å². The van der Waals surface area contributed by atoms with E-state index in [9.17, 15) is 9.59 Å². The van der Waals surface area contributed by atoms with Gasteiger partial charge in [-0.3, -0.25) is 9.59 Å². The van der Waals surface area contributed by atoms with E-state index in [-0.39, 0.29) is 11.8 Å². The highest BCUT2D eigenvalue weighted by atomic mass is 16.4. The van der Waals surface area contributed by atoms with Gasteiger partial charge in [0, 0.05) is 24.0 Å². The number of hydrogen-bond donors (Lipinski definition) is 1. The molecule has 5 nitrogen and oxygen atoms in total. The summed E-state index contributed by atoms with van der Waals surface area (Å²) in [4.78, 5) is 29.2. The van der Waals surface area contributed by atoms with Crippen LogP contribution < -0.4 is 4.90 Å². The van der Waals surface area contributed by atoms with Crippen molar-refractivity contribution in [3.8, 4) is 0 Å². The first-order valence-electron chi connectivity index (χ1n) is 7.43. The van der Waals surface area contributed by atoms with E-state index >= 15 is 0 Å². The number of anilines is 1. The number of carbonyl (C=O) groups excluding carboxylic acids is 1. The van der Waals surface area contributed by atoms with Crippen molar-refractivity contribution in [3.63, 3.8) is 0 Å². The maximum absolute atomic E-state index is 12.3. The summed E-state index contributed by atoms with van der Waals surface area (Å²) < 4.78 is 0. The third-order valence-corrected chi connectivity index (χ3v) is 3.71. The average molecular weight is 302 g/mol. The van der Waals surface area contributed by atoms with Gasteiger partial charge in [0.1, 0.15) is 6.04 Å². The molecular weight excluding hydrogens is 280 g/mol. The Kier molecular flexibility index (Phi) is 4.64. The zero-order valence-electron chi connectivity index (χ0n) is 13.2. The fraction of sp³-hybridized carbons (Fsp3) is 0.471. The van der Waals surface area contributed by atoms with Gasteiger partial charge in [-0.15, -0.1) is 0 Å². The van der Waals surface area contributed by atoms with Gasteiger partial charge in [0.05, 0.1) is 6.42 Å². The molecule has 1 aliphatic heterocycles. The molecule has 1 aromatic rings. The lowest BCUT2D eigenvalue weighted by molar-refractivity contribution is -0.139. The molecule has 118 valence electrons. The monoisotopic (exact) mass is 302 g/mol. The summed E-state index contributed by atoms with van der Waals surface area (Å²) in [7, 11) is 0. The minimum Gasteiger partial charge on any atom is -0.481 e. The SMILES string of the molecule is CC(C)(C)CCN1c2ccccc2C=NC(=O)C1CC(=O)O. The number of benzodiazepines with no additional fused rings is 1. The van der Waals surface area contributed by atoms with Crippen molar-refractivity contribution in [1.29, 1.82) is 0 Å². The molecule has 0 aromatic heterocycles. The fourth-order valence-corrected chi connectivity index (χ4v) is 2.47. The van der Waals surface area contributed by atoms with Crippen LogP contribution in [0.5, 0.6) is 0 Å². The first-order chi connectivity index (χ1) is 10.3. The second-order valence-electron chi connectivity index (χ2n) is 6.77. The number of hydrogen-bond acceptors (Lipinski definition) is 3. The van der Waals surface area contributed by atoms with E-state index in [1.165, 1.54) is 6.21 Å². The number of aliphatic carboxylic acids is 1. The van der Waals surface area contributed by atoms with Gasteiger partial charge in [0.2, 0.25) is 0 Å². The first-order valence-corrected chi connectivity index (χ1v) is 7.43. The second kappa shape index (κ2) is 6.30. The van der Waals surface area contributed by atoms with Crippen LogP contribution in [0.1, 0.15) is 39.2 Å². The summed E-state index contributed by atoms with van der Waals surface area (Å²) in [6.45, 7) is 7.00. The van der Waals surface area contributed by atoms with Crippen LogP contribution in [0.3, 0.4) is 0 Å². The van der Waals surface area contributed by atoms with Gasteiger partial charge in [0.15, 0.2) is 0 Å². The number of rotatable bonds is 4. The maximum atomic E-state index is 12.3. The third kappa shape index (κ3) is 3.93. The Labute approximate surface area is 130 Å². The van der Waals surface area contributed by atoms with E-state index in [0.29, 0.717) is 6.54 Å². The number of amides is 1. The van der Waals surface area contributed by atoms with Crippen molar-refractivity contribution in [2.45, 2.75) is 39.7 Å². The van der Waals surface area contributed by atoms with Gasteiger partial charge < -0.3 is 10.0 Å². The molecule has 0 fully saturated rings. The van der Waals surface area contributed by atoms with Crippen LogP contribution >= 0.6 is 0 Å². The molecule has 2 rings (SSSR count). The van der Waals surface area contributed by atoms with Gasteiger partial charge in [0.25, 0.3) is 5.91 Å². The van der Waals surface area contributed by atoms with E-state index in [2.05, 4.69) is 25.8 Å². The maximum Gasteiger partial charge on any atom is 0.305 e. The predicted molar refractivity (Wildman–Crippen MR) is 86.5 cm³/mol. The highest BCUT2D eigenvalue weighted by Gasteiger charge is 2.31. The van der Waals surface area contributed by atoms with Crippen LogP contribution in [0.25, 0.3) is 0 Å². The van der Waals surface area contributed by atoms with Crippen molar-refractivity contribution < 1.29 is 14.7 Å². The Balaban J connectivity index is 2.39. The summed E-state index contributed by atoms with van der Waals surface area (Å²) in [6, 6.07) is 6.83. The standard InChI is InChI=1S/C17H22N2O3/c1-17(2,3)8-9-19-13-7-5-4-6-12(13)11-18-16(22)14(19)10-15(20)21/h4-7,11,14H,8-10H2,1-3H3,(H,20,21). The molecule has 0 saturated heterocycles. The minimum absolute atomic E-state index is 0.0962. The number of carbonyl (C=O) groups is 2. The Bertz CT molecular complexity index is 602. The quantitative estimate of drug-likeness (QED) is 0.928. The minimum atomic E-state index is -0.992. The fourth-order valence-electron chi connectivity index (χ4n) is 2.47. The number of carboxylic acid groups (broad SMARTS) is 1. The molecule has 5 heteroatoms. The van der Waals surface area contributed by atoms with Gasteiger partial charge in [-0.1, -0.05) is 39.0 Å². The van der Waals surface area contributed by atoms with Crippen molar-refractivity contribution in [3.05, 3.63) is 29.8 Å². The van der Waals surface area contributed by atoms with E-state index in [1.807, 2.05) is 29.2 Å². The highest BCUT2D eigenvalue weighted by Crippen LogP contribution is 2.28. The van der Waals surface area contributed by atoms with Crippen molar-refractivity contribution in [1.82, 2.24) is 0 Å². The first kappa shape index (κ1) is 16.2. The van der Waals surface area contributed by atoms with Crippen LogP contribution in [0.4, 0.5) is 5.69 Å². The lowest BCUT2D eigenvalue weighted by atomic mass is 9.91. The Morgan fingerprint density at radius 1 is 1.32 bits per heavy atom. The van der Waals surface area contributed by atoms with Crippen molar-refractivity contribution >= 4 is 23.8 Å². The van der Waals surface area contributed by atoms with Crippen LogP contribution in [0.2, 0.25) is 0 Å². The van der Waals surface area contributed by atoms with E-state index in [4.69, 9.17) is 5.11 Å². The Morgan fingerprint density at radius 2 is 2.00 bits per heavy atom. The lowest BCUT2D eigenvalue weighted by Crippen LogP contribution is -2.43. The molecule has 0 spiro atoms. The van der Waals surface area contributed by atoms with Crippen molar-refractivity contribution in [2.75, 3.05) is 11.4 Å². The lowest BCUT2D eigenvalue weighted by Gasteiger charge is -2.33. The molecule has 1 aromatic carbocycles. The summed E-state index contributed by atoms with van der Waals surface area (Å²) in [5.41, 5.74) is 1.81. The largest absolute Gasteiger partial charge is 0.481 e. The molecular formula is C17H22N2O3. The predicted octanol–water partition coefficient (Wildman–Crippen LogP) is 2.73. The average Bonchev–Trinajstić information content (AvgIpc) is 2.54. The van der Waals surface area contributed by atoms with Crippen LogP contribution in [-0.4, -0.2) is 35.8 Å². The van der Waals surface area contributed by atoms with Gasteiger partial charge in [-0.25, -0.2) is 4.99 Å². The number of carboxylic acids is 1. The topological polar surface area (TPSA) is 70.0 Å². The number of benzene rings is 1. The molecule has 0 saturated carbocycles. The van der Waals surface area contributed by atoms with Crippen LogP contribution in [-0.2, 0) is 9.59 Å². The molecule has 1 unspecified atom stereocenters. The van der Waals surface area contributed by atoms with Crippen LogP contribution in [0.15, 0.2) is 29.3 Å². The normalized spacial score (nSPS) is 18.0. The molecule has 0 aliphatic carbocycles. The molecule has 22 heavy (non-hydrogen) atoms. The summed E-state index contributed by atoms with van der Waals surface area (Å²) in [6.07, 6.45) is 2.14. The molecule has 1 aliphatic rings. The zero-order chi connectivity index (χ0) is 16.3. The molecule has 0 bridgehead atoms. The summed E-state index contributed by atoms with van der Waals surface area (Å²) in [5, 5.41) is 9.14. The molecule has 1 amide bonds. The smallest absolute Gasteiger partial charge is 0.305 e. The molecule has 0 radical (unpaired) electrons. The number of para-hydroxylation sites is 1. The van der Waals surface area contributed by atoms with Gasteiger partial charge in [-0.05, 0) is 17.9 Å². The Morgan fingerprint density at radius 3 is 2.64 bits per heavy atom. The number of nitrogens with zero attached hydrogens (tertiary/aromatic N) is 2. The van der Waals surface area contributed by atoms with Gasteiger partial charge >= 0.3 is 5.97 Å². The summed E-state index contributed by atoms with van der Waals surface area (Å²) >= 11 is 0. The molecule has 1 heterocycles. The molecule has 1 N–H and O–H groups in total. The second-order valence-corrected chi connectivity index (χ2v) is 6.77. The molecule has 1 atom stereocenters. The van der Waals surface area contributed by atoms with Crippen LogP contribution in [0, 0.1) is 5.41 Å². The Hall–Kier alpha value is -2.17. The zero-order valence-corrected chi connectivity index (χ0v) is 13.2. The number of fused-ring (bicyclic) bond motifs is 1. The van der Waals surface area contributed by atoms with Gasteiger partial charge in [-0.2, -0.15) is 0 Å².